The maximum atomic E-state index is 11.1. The van der Waals surface area contributed by atoms with E-state index >= 15 is 0 Å². The molecule has 0 saturated heterocycles. The van der Waals surface area contributed by atoms with Crippen LogP contribution in [-0.2, 0) is 20.2 Å². The smallest absolute Gasteiger partial charge is 0.744 e. The molecule has 0 aliphatic carbocycles. The van der Waals surface area contributed by atoms with Gasteiger partial charge in [-0.15, -0.1) is 0 Å². The predicted octanol–water partition coefficient (Wildman–Crippen LogP) is -5.76. The third-order valence-electron chi connectivity index (χ3n) is 2.47. The number of hydrogen-bond acceptors (Lipinski definition) is 7. The minimum Gasteiger partial charge on any atom is -0.744 e. The van der Waals surface area contributed by atoms with E-state index < -0.39 is 30.0 Å². The van der Waals surface area contributed by atoms with E-state index in [0.717, 1.165) is 24.3 Å². The molecule has 0 bridgehead atoms. The zero-order valence-electron chi connectivity index (χ0n) is 11.2. The van der Waals surface area contributed by atoms with Crippen molar-refractivity contribution in [2.45, 2.75) is 9.79 Å². The Morgan fingerprint density at radius 1 is 0.857 bits per heavy atom. The molecular weight excluding hydrogens is 372 g/mol. The fourth-order valence-electron chi connectivity index (χ4n) is 1.70. The molecule has 0 unspecified atom stereocenters. The Balaban J connectivity index is 0.00000200. The zero-order chi connectivity index (χ0) is 14.4. The van der Waals surface area contributed by atoms with Gasteiger partial charge >= 0.3 is 103 Å². The predicted molar refractivity (Wildman–Crippen MR) is 64.3 cm³/mol. The summed E-state index contributed by atoms with van der Waals surface area (Å²) in [5, 5.41) is 0.1000. The summed E-state index contributed by atoms with van der Waals surface area (Å²) in [4.78, 5) is -1.09. The topological polar surface area (TPSA) is 140 Å². The summed E-state index contributed by atoms with van der Waals surface area (Å²) in [6.45, 7) is 0. The Labute approximate surface area is 207 Å². The quantitative estimate of drug-likeness (QED) is 0.311. The van der Waals surface area contributed by atoms with Crippen LogP contribution in [0.5, 0.6) is 0 Å². The van der Waals surface area contributed by atoms with E-state index in [1.807, 2.05) is 0 Å². The number of anilines is 1. The Bertz CT molecular complexity index is 880. The fourth-order valence-corrected chi connectivity index (χ4v) is 2.94. The molecule has 2 rings (SSSR count). The molecule has 102 valence electrons. The van der Waals surface area contributed by atoms with Gasteiger partial charge in [0.1, 0.15) is 20.2 Å². The summed E-state index contributed by atoms with van der Waals surface area (Å²) in [6.07, 6.45) is 0. The van der Waals surface area contributed by atoms with Gasteiger partial charge < -0.3 is 14.8 Å². The number of nitrogen functional groups attached to an aromatic ring is 1. The average Bonchev–Trinajstić information content (AvgIpc) is 2.24. The van der Waals surface area contributed by atoms with Crippen molar-refractivity contribution in [2.24, 2.45) is 0 Å². The molecule has 2 aromatic carbocycles. The third kappa shape index (κ3) is 5.57. The molecule has 7 nitrogen and oxygen atoms in total. The van der Waals surface area contributed by atoms with Crippen LogP contribution in [0, 0.1) is 0 Å². The van der Waals surface area contributed by atoms with Crippen molar-refractivity contribution in [1.82, 2.24) is 0 Å². The summed E-state index contributed by atoms with van der Waals surface area (Å²) in [7, 11) is -9.43. The van der Waals surface area contributed by atoms with E-state index in [2.05, 4.69) is 0 Å². The normalized spacial score (nSPS) is 11.5. The first-order chi connectivity index (χ1) is 8.59. The molecule has 0 aliphatic rings. The minimum absolute atomic E-state index is 0. The summed E-state index contributed by atoms with van der Waals surface area (Å²) in [6, 6.07) is 5.26. The summed E-state index contributed by atoms with van der Waals surface area (Å²) in [5.41, 5.74) is 5.42. The van der Waals surface area contributed by atoms with E-state index in [9.17, 15) is 25.9 Å². The van der Waals surface area contributed by atoms with E-state index in [4.69, 9.17) is 5.73 Å². The van der Waals surface area contributed by atoms with E-state index in [-0.39, 0.29) is 119 Å². The first-order valence-electron chi connectivity index (χ1n) is 4.84. The molecular formula is C10H7K2NO6S2. The second-order valence-electron chi connectivity index (χ2n) is 3.81. The van der Waals surface area contributed by atoms with Gasteiger partial charge in [0.15, 0.2) is 0 Å². The van der Waals surface area contributed by atoms with Gasteiger partial charge in [-0.25, -0.2) is 16.8 Å². The van der Waals surface area contributed by atoms with E-state index in [0.29, 0.717) is 0 Å². The molecule has 0 fully saturated rings. The van der Waals surface area contributed by atoms with Gasteiger partial charge in [-0.2, -0.15) is 0 Å². The van der Waals surface area contributed by atoms with Crippen LogP contribution in [0.25, 0.3) is 10.8 Å². The second kappa shape index (κ2) is 8.11. The van der Waals surface area contributed by atoms with Crippen molar-refractivity contribution in [1.29, 1.82) is 0 Å². The number of benzene rings is 2. The molecule has 0 heterocycles. The Hall–Kier alpha value is 1.59. The van der Waals surface area contributed by atoms with Gasteiger partial charge in [0.05, 0.1) is 9.79 Å². The van der Waals surface area contributed by atoms with Crippen molar-refractivity contribution in [2.75, 3.05) is 5.73 Å². The number of fused-ring (bicyclic) bond motifs is 1. The number of rotatable bonds is 2. The Morgan fingerprint density at radius 3 is 1.90 bits per heavy atom. The largest absolute Gasteiger partial charge is 1.00 e. The van der Waals surface area contributed by atoms with Crippen LogP contribution in [0.1, 0.15) is 0 Å². The van der Waals surface area contributed by atoms with E-state index in [1.165, 1.54) is 6.07 Å². The van der Waals surface area contributed by atoms with Crippen molar-refractivity contribution < 1.29 is 129 Å². The van der Waals surface area contributed by atoms with Gasteiger partial charge in [-0.3, -0.25) is 0 Å². The average molecular weight is 379 g/mol. The van der Waals surface area contributed by atoms with Crippen LogP contribution in [0.15, 0.2) is 40.1 Å². The molecule has 21 heavy (non-hydrogen) atoms. The minimum atomic E-state index is -4.76. The molecule has 0 aliphatic heterocycles. The molecule has 0 atom stereocenters. The van der Waals surface area contributed by atoms with Crippen molar-refractivity contribution in [3.8, 4) is 0 Å². The van der Waals surface area contributed by atoms with Crippen LogP contribution in [0.4, 0.5) is 5.69 Å². The molecule has 2 N–H and O–H groups in total. The zero-order valence-corrected chi connectivity index (χ0v) is 19.1. The van der Waals surface area contributed by atoms with Crippen molar-refractivity contribution >= 4 is 36.7 Å². The van der Waals surface area contributed by atoms with Crippen molar-refractivity contribution in [3.63, 3.8) is 0 Å². The fraction of sp³-hybridized carbons (Fsp3) is 0. The number of hydrogen-bond donors (Lipinski definition) is 1. The van der Waals surface area contributed by atoms with Gasteiger partial charge in [-0.05, 0) is 35.0 Å². The van der Waals surface area contributed by atoms with Gasteiger partial charge in [0.25, 0.3) is 0 Å². The maximum Gasteiger partial charge on any atom is 1.00 e. The molecule has 0 spiro atoms. The molecule has 11 heteroatoms. The summed E-state index contributed by atoms with van der Waals surface area (Å²) >= 11 is 0. The van der Waals surface area contributed by atoms with Crippen LogP contribution < -0.4 is 109 Å². The molecule has 0 aromatic heterocycles. The summed E-state index contributed by atoms with van der Waals surface area (Å²) in [5.74, 6) is 0. The van der Waals surface area contributed by atoms with Crippen LogP contribution >= 0.6 is 0 Å². The van der Waals surface area contributed by atoms with E-state index in [1.54, 1.807) is 0 Å². The second-order valence-corrected chi connectivity index (χ2v) is 6.54. The Kier molecular flexibility index (Phi) is 8.73. The third-order valence-corrected chi connectivity index (χ3v) is 4.17. The van der Waals surface area contributed by atoms with Crippen LogP contribution in [0.2, 0.25) is 0 Å². The standard InChI is InChI=1S/C10H9NO6S2.2K/c11-7-3-6-4-8(18(12,13)14)1-2-9(6)10(5-7)19(15,16)17;;/h1-5H,11H2,(H,12,13,14)(H,15,16,17);;/q;2*+1/p-2. The first-order valence-corrected chi connectivity index (χ1v) is 7.66. The first kappa shape index (κ1) is 22.6. The van der Waals surface area contributed by atoms with Gasteiger partial charge in [-0.1, -0.05) is 6.07 Å². The number of nitrogens with two attached hydrogens (primary N) is 1. The van der Waals surface area contributed by atoms with Gasteiger partial charge in [0.2, 0.25) is 0 Å². The maximum absolute atomic E-state index is 11.1. The molecule has 0 saturated carbocycles. The van der Waals surface area contributed by atoms with Crippen LogP contribution in [0.3, 0.4) is 0 Å². The molecule has 2 aromatic rings. The Morgan fingerprint density at radius 2 is 1.43 bits per heavy atom. The van der Waals surface area contributed by atoms with Gasteiger partial charge in [0, 0.05) is 5.69 Å². The monoisotopic (exact) mass is 379 g/mol. The van der Waals surface area contributed by atoms with Crippen molar-refractivity contribution in [3.05, 3.63) is 30.3 Å². The summed E-state index contributed by atoms with van der Waals surface area (Å²) < 4.78 is 65.9. The SMILES string of the molecule is Nc1cc(S(=O)(=O)[O-])c2ccc(S(=O)(=O)[O-])cc2c1.[K+].[K+]. The molecule has 0 amide bonds. The van der Waals surface area contributed by atoms with Crippen LogP contribution in [-0.4, -0.2) is 25.9 Å². The molecule has 0 radical (unpaired) electrons.